The standard InChI is InChI=1S/C27H35ClN2O8/c1-15-7-6-8-22(36-5)27(34)14-19(37-25(33)29-27)20-13-26(2,38-20)21(31)12-23(32)30(3)17-10-16(9-15)11-18(35-4)24(17)28/h6-8,10-11,19-22,31,34H,9,12-14H2,1-5H3,(H,29,33)/b8-6+,15-7+/t19-,20?,21?,22?,26?,27-/m0/s1. The van der Waals surface area contributed by atoms with Crippen LogP contribution in [-0.4, -0.2) is 79.2 Å². The van der Waals surface area contributed by atoms with Gasteiger partial charge in [-0.25, -0.2) is 4.79 Å². The molecular weight excluding hydrogens is 516 g/mol. The second kappa shape index (κ2) is 10.9. The average molecular weight is 551 g/mol. The first-order valence-corrected chi connectivity index (χ1v) is 12.8. The molecule has 6 bridgehead atoms. The Balaban J connectivity index is 1.72. The molecule has 208 valence electrons. The van der Waals surface area contributed by atoms with Crippen LogP contribution < -0.4 is 15.0 Å². The highest BCUT2D eigenvalue weighted by Gasteiger charge is 2.55. The van der Waals surface area contributed by atoms with E-state index in [1.807, 2.05) is 25.1 Å². The SMILES string of the molecule is COc1cc2cc(c1Cl)N(C)C(=O)CC(O)C1(C)CC(O1)[C@@H]1C[C@@](O)(NC(=O)O1)C(OC)/C=C/C=C(\C)C2. The van der Waals surface area contributed by atoms with Crippen molar-refractivity contribution in [2.45, 2.75) is 75.3 Å². The number of anilines is 1. The van der Waals surface area contributed by atoms with E-state index in [0.717, 1.165) is 11.1 Å². The number of benzene rings is 1. The number of carbonyl (C=O) groups is 2. The molecule has 5 rings (SSSR count). The fourth-order valence-electron chi connectivity index (χ4n) is 5.22. The molecule has 3 N–H and O–H groups in total. The van der Waals surface area contributed by atoms with E-state index >= 15 is 0 Å². The zero-order chi connectivity index (χ0) is 27.8. The van der Waals surface area contributed by atoms with E-state index in [1.165, 1.54) is 19.1 Å². The van der Waals surface area contributed by atoms with Gasteiger partial charge in [-0.05, 0) is 38.0 Å². The molecule has 0 aliphatic carbocycles. The number of amides is 2. The Morgan fingerprint density at radius 3 is 2.58 bits per heavy atom. The summed E-state index contributed by atoms with van der Waals surface area (Å²) in [5.41, 5.74) is -0.479. The second-order valence-corrected chi connectivity index (χ2v) is 10.8. The van der Waals surface area contributed by atoms with Gasteiger partial charge in [-0.3, -0.25) is 10.1 Å². The number of hydrogen-bond donors (Lipinski definition) is 3. The minimum absolute atomic E-state index is 0.00687. The van der Waals surface area contributed by atoms with E-state index in [9.17, 15) is 19.8 Å². The van der Waals surface area contributed by atoms with E-state index in [0.29, 0.717) is 24.3 Å². The predicted molar refractivity (Wildman–Crippen MR) is 140 cm³/mol. The molecule has 10 nitrogen and oxygen atoms in total. The maximum atomic E-state index is 13.2. The third kappa shape index (κ3) is 5.55. The fraction of sp³-hybridized carbons (Fsp3) is 0.556. The third-order valence-corrected chi connectivity index (χ3v) is 7.89. The largest absolute Gasteiger partial charge is 0.495 e. The Morgan fingerprint density at radius 1 is 1.21 bits per heavy atom. The number of halogens is 1. The maximum Gasteiger partial charge on any atom is 0.409 e. The molecule has 0 spiro atoms. The fourth-order valence-corrected chi connectivity index (χ4v) is 5.53. The zero-order valence-corrected chi connectivity index (χ0v) is 22.9. The van der Waals surface area contributed by atoms with E-state index in [-0.39, 0.29) is 23.8 Å². The number of alkyl carbamates (subject to hydrolysis) is 1. The molecule has 11 heteroatoms. The number of fused-ring (bicyclic) bond motifs is 6. The number of ether oxygens (including phenoxy) is 4. The van der Waals surface area contributed by atoms with Gasteiger partial charge in [-0.1, -0.05) is 35.4 Å². The van der Waals surface area contributed by atoms with Crippen molar-refractivity contribution in [3.63, 3.8) is 0 Å². The lowest BCUT2D eigenvalue weighted by atomic mass is 9.80. The number of methoxy groups -OCH3 is 2. The van der Waals surface area contributed by atoms with Crippen LogP contribution in [0.25, 0.3) is 0 Å². The average Bonchev–Trinajstić information content (AvgIpc) is 2.83. The summed E-state index contributed by atoms with van der Waals surface area (Å²) in [5.74, 6) is 0.0704. The predicted octanol–water partition coefficient (Wildman–Crippen LogP) is 2.87. The molecule has 0 saturated carbocycles. The lowest BCUT2D eigenvalue weighted by Crippen LogP contribution is -2.68. The van der Waals surface area contributed by atoms with E-state index < -0.39 is 41.8 Å². The first-order chi connectivity index (χ1) is 17.9. The first-order valence-electron chi connectivity index (χ1n) is 12.5. The highest BCUT2D eigenvalue weighted by molar-refractivity contribution is 6.35. The van der Waals surface area contributed by atoms with Crippen LogP contribution >= 0.6 is 11.6 Å². The number of aliphatic hydroxyl groups excluding tert-OH is 1. The highest BCUT2D eigenvalue weighted by atomic mass is 35.5. The molecule has 6 atom stereocenters. The molecule has 2 amide bonds. The Kier molecular flexibility index (Phi) is 8.11. The smallest absolute Gasteiger partial charge is 0.409 e. The van der Waals surface area contributed by atoms with Gasteiger partial charge in [-0.15, -0.1) is 0 Å². The molecule has 1 aromatic carbocycles. The molecule has 2 saturated heterocycles. The van der Waals surface area contributed by atoms with E-state index in [4.69, 9.17) is 30.5 Å². The summed E-state index contributed by atoms with van der Waals surface area (Å²) in [6.07, 6.45) is 1.79. The van der Waals surface area contributed by atoms with Gasteiger partial charge in [0.05, 0.1) is 37.0 Å². The Labute approximate surface area is 227 Å². The van der Waals surface area contributed by atoms with Crippen LogP contribution in [0.1, 0.15) is 38.7 Å². The van der Waals surface area contributed by atoms with Gasteiger partial charge in [0.25, 0.3) is 0 Å². The Bertz CT molecular complexity index is 1150. The topological polar surface area (TPSA) is 127 Å². The Hall–Kier alpha value is -2.63. The minimum Gasteiger partial charge on any atom is -0.495 e. The van der Waals surface area contributed by atoms with Crippen molar-refractivity contribution in [3.8, 4) is 5.75 Å². The number of aliphatic hydroxyl groups is 2. The summed E-state index contributed by atoms with van der Waals surface area (Å²) in [6.45, 7) is 3.64. The lowest BCUT2D eigenvalue weighted by molar-refractivity contribution is -0.276. The number of allylic oxidation sites excluding steroid dienone is 3. The molecule has 1 aromatic rings. The number of carbonyl (C=O) groups excluding carboxylic acids is 2. The maximum absolute atomic E-state index is 13.2. The third-order valence-electron chi connectivity index (χ3n) is 7.51. The monoisotopic (exact) mass is 550 g/mol. The van der Waals surface area contributed by atoms with Crippen molar-refractivity contribution in [2.75, 3.05) is 26.2 Å². The number of hydrogen-bond acceptors (Lipinski definition) is 8. The van der Waals surface area contributed by atoms with Crippen LogP contribution in [0.4, 0.5) is 10.5 Å². The minimum atomic E-state index is -1.74. The van der Waals surface area contributed by atoms with Gasteiger partial charge in [-0.2, -0.15) is 0 Å². The van der Waals surface area contributed by atoms with Crippen molar-refractivity contribution in [2.24, 2.45) is 0 Å². The normalized spacial score (nSPS) is 36.3. The van der Waals surface area contributed by atoms with E-state index in [2.05, 4.69) is 5.32 Å². The van der Waals surface area contributed by atoms with Crippen LogP contribution in [0, 0.1) is 0 Å². The quantitative estimate of drug-likeness (QED) is 0.513. The molecule has 0 radical (unpaired) electrons. The van der Waals surface area contributed by atoms with Gasteiger partial charge in [0.15, 0.2) is 5.72 Å². The molecule has 4 heterocycles. The van der Waals surface area contributed by atoms with Gasteiger partial charge in [0.2, 0.25) is 5.91 Å². The summed E-state index contributed by atoms with van der Waals surface area (Å²) in [4.78, 5) is 26.9. The Morgan fingerprint density at radius 2 is 1.92 bits per heavy atom. The number of nitrogens with one attached hydrogen (secondary N) is 1. The van der Waals surface area contributed by atoms with Gasteiger partial charge in [0, 0.05) is 27.0 Å². The second-order valence-electron chi connectivity index (χ2n) is 10.4. The van der Waals surface area contributed by atoms with Crippen molar-refractivity contribution in [3.05, 3.63) is 46.5 Å². The van der Waals surface area contributed by atoms with Gasteiger partial charge in [0.1, 0.15) is 23.0 Å². The van der Waals surface area contributed by atoms with E-state index in [1.54, 1.807) is 26.1 Å². The molecule has 2 fully saturated rings. The molecule has 4 aliphatic rings. The summed E-state index contributed by atoms with van der Waals surface area (Å²) in [7, 11) is 4.55. The lowest BCUT2D eigenvalue weighted by Gasteiger charge is -2.52. The molecule has 4 unspecified atom stereocenters. The molecular formula is C27H35ClN2O8. The van der Waals surface area contributed by atoms with Crippen molar-refractivity contribution in [1.82, 2.24) is 5.32 Å². The highest BCUT2D eigenvalue weighted by Crippen LogP contribution is 2.42. The summed E-state index contributed by atoms with van der Waals surface area (Å²) in [5, 5.41) is 25.0. The summed E-state index contributed by atoms with van der Waals surface area (Å²) < 4.78 is 22.4. The molecule has 38 heavy (non-hydrogen) atoms. The van der Waals surface area contributed by atoms with Crippen LogP contribution in [0.3, 0.4) is 0 Å². The van der Waals surface area contributed by atoms with Gasteiger partial charge < -0.3 is 34.1 Å². The number of nitrogens with zero attached hydrogens (tertiary/aromatic N) is 1. The molecule has 0 aromatic heterocycles. The van der Waals surface area contributed by atoms with Crippen LogP contribution in [-0.2, 0) is 25.4 Å². The number of rotatable bonds is 2. The van der Waals surface area contributed by atoms with Crippen LogP contribution in [0.2, 0.25) is 5.02 Å². The summed E-state index contributed by atoms with van der Waals surface area (Å²) >= 11 is 6.56. The van der Waals surface area contributed by atoms with Crippen molar-refractivity contribution in [1.29, 1.82) is 0 Å². The summed E-state index contributed by atoms with van der Waals surface area (Å²) in [6, 6.07) is 3.63. The van der Waals surface area contributed by atoms with Crippen molar-refractivity contribution < 1.29 is 38.7 Å². The van der Waals surface area contributed by atoms with Gasteiger partial charge >= 0.3 is 6.09 Å². The van der Waals surface area contributed by atoms with Crippen LogP contribution in [0.5, 0.6) is 5.75 Å². The van der Waals surface area contributed by atoms with Crippen LogP contribution in [0.15, 0.2) is 35.9 Å². The zero-order valence-electron chi connectivity index (χ0n) is 22.2. The molecule has 4 aliphatic heterocycles. The van der Waals surface area contributed by atoms with Crippen molar-refractivity contribution >= 4 is 29.3 Å². The first kappa shape index (κ1) is 28.4.